The summed E-state index contributed by atoms with van der Waals surface area (Å²) >= 11 is 0. The molecule has 0 aromatic heterocycles. The van der Waals surface area contributed by atoms with Gasteiger partial charge in [0.15, 0.2) is 0 Å². The lowest BCUT2D eigenvalue weighted by Gasteiger charge is -2.50. The number of hydrogen-bond acceptors (Lipinski definition) is 8. The van der Waals surface area contributed by atoms with Crippen LogP contribution in [0.15, 0.2) is 328 Å². The quantitative estimate of drug-likeness (QED) is 0.0398. The molecule has 15 aromatic rings. The topological polar surface area (TPSA) is 73.8 Å². The van der Waals surface area contributed by atoms with Crippen molar-refractivity contribution in [3.05, 3.63) is 372 Å². The molecule has 2 atom stereocenters. The second kappa shape index (κ2) is 39.6. The summed E-state index contributed by atoms with van der Waals surface area (Å²) in [6, 6.07) is 126. The van der Waals surface area contributed by atoms with Crippen LogP contribution in [-0.2, 0) is 84.3 Å². The van der Waals surface area contributed by atoms with Crippen LogP contribution in [0.2, 0.25) is 101 Å². The van der Waals surface area contributed by atoms with E-state index >= 15 is 0 Å². The fraction of sp³-hybridized carbons (Fsp3) is 0.290. The maximum atomic E-state index is 7.78. The largest absolute Gasteiger partial charge is 0.416 e. The molecule has 2 fully saturated rings. The van der Waals surface area contributed by atoms with Gasteiger partial charge >= 0.3 is 68.5 Å². The molecule has 0 saturated carbocycles. The van der Waals surface area contributed by atoms with Crippen molar-refractivity contribution < 1.29 is 32.9 Å². The van der Waals surface area contributed by atoms with Gasteiger partial charge in [-0.3, -0.25) is 0 Å². The van der Waals surface area contributed by atoms with Gasteiger partial charge in [0.2, 0.25) is 0 Å². The van der Waals surface area contributed by atoms with Gasteiger partial charge < -0.3 is 32.9 Å². The van der Waals surface area contributed by atoms with Crippen LogP contribution in [0.3, 0.4) is 0 Å². The van der Waals surface area contributed by atoms with Gasteiger partial charge in [-0.2, -0.15) is 0 Å². The van der Waals surface area contributed by atoms with Gasteiger partial charge in [-0.25, -0.2) is 0 Å². The van der Waals surface area contributed by atoms with Crippen molar-refractivity contribution in [3.63, 3.8) is 0 Å². The summed E-state index contributed by atoms with van der Waals surface area (Å²) in [6.45, 7) is 18.7. The standard InChI is InChI=1S/C56H64O4Si4.C51H60O4Si4/c1-61(41-17-33-49-29-13-25-45-21-5-9-37-53(45)49)57-62(2,42-18-34-50-30-14-26-46-22-6-10-38-54(46)50)59-64(4,44-20-36-52-32-16-28-48-24-8-12-40-56(48)52)60-63(3,58-61)43-19-35-51-31-15-27-47-23-7-11-39-55(47)51;1-56(38-17-31-46-28-14-25-43-22-8-11-34-49(43)46)52-57(2,39-18-32-47-29-15-26-44-23-9-12-35-50(44)47)54-59(4,41-37-42-20-6-5-7-21-42)55-58(3,53-56)40-19-33-48-30-16-27-45-24-10-13-36-51(45)48/h5-16,21-32,37-40H,17-20,33-36,41-44H2,1-4H3;5-16,20-30,34-36H,17-19,31-33,37-41H2,1-4H3. The van der Waals surface area contributed by atoms with E-state index in [4.69, 9.17) is 32.9 Å². The average Bonchev–Trinajstić information content (AvgIpc) is 0.765. The van der Waals surface area contributed by atoms with Gasteiger partial charge in [0.1, 0.15) is 0 Å². The van der Waals surface area contributed by atoms with Gasteiger partial charge in [0.25, 0.3) is 0 Å². The smallest absolute Gasteiger partial charge is 0.317 e. The zero-order valence-corrected chi connectivity index (χ0v) is 81.7. The average molecular weight is 1760 g/mol. The van der Waals surface area contributed by atoms with Crippen LogP contribution in [0.5, 0.6) is 0 Å². The molecule has 0 amide bonds. The lowest BCUT2D eigenvalue weighted by Crippen LogP contribution is -2.67. The van der Waals surface area contributed by atoms with Crippen LogP contribution in [0.25, 0.3) is 75.4 Å². The zero-order chi connectivity index (χ0) is 84.8. The van der Waals surface area contributed by atoms with E-state index in [2.05, 4.69) is 380 Å². The molecule has 0 radical (unpaired) electrons. The van der Waals surface area contributed by atoms with E-state index in [1.165, 1.54) is 120 Å². The highest BCUT2D eigenvalue weighted by Crippen LogP contribution is 2.44. The fourth-order valence-corrected chi connectivity index (χ4v) is 67.0. The summed E-state index contributed by atoms with van der Waals surface area (Å²) in [6.07, 6.45) is 14.8. The minimum absolute atomic E-state index is 0.876. The summed E-state index contributed by atoms with van der Waals surface area (Å²) in [5.41, 5.74) is 11.1. The Morgan fingerprint density at radius 1 is 0.146 bits per heavy atom. The maximum Gasteiger partial charge on any atom is 0.317 e. The molecule has 0 aliphatic carbocycles. The van der Waals surface area contributed by atoms with Crippen molar-refractivity contribution >= 4 is 144 Å². The van der Waals surface area contributed by atoms with Gasteiger partial charge in [0.05, 0.1) is 0 Å². The van der Waals surface area contributed by atoms with E-state index in [9.17, 15) is 0 Å². The van der Waals surface area contributed by atoms with Crippen LogP contribution < -0.4 is 0 Å². The van der Waals surface area contributed by atoms with Crippen LogP contribution in [0, 0.1) is 0 Å². The van der Waals surface area contributed by atoms with E-state index in [0.29, 0.717) is 0 Å². The first-order chi connectivity index (χ1) is 59.7. The third-order valence-corrected chi connectivity index (χ3v) is 63.5. The number of fused-ring (bicyclic) bond motifs is 7. The highest BCUT2D eigenvalue weighted by molar-refractivity contribution is 6.95. The van der Waals surface area contributed by atoms with Gasteiger partial charge in [-0.15, -0.1) is 0 Å². The molecule has 2 unspecified atom stereocenters. The molecule has 2 aliphatic heterocycles. The van der Waals surface area contributed by atoms with E-state index < -0.39 is 68.5 Å². The Morgan fingerprint density at radius 3 is 0.472 bits per heavy atom. The van der Waals surface area contributed by atoms with Crippen molar-refractivity contribution in [2.45, 2.75) is 197 Å². The lowest BCUT2D eigenvalue weighted by atomic mass is 10.0. The molecule has 2 heterocycles. The molecule has 16 heteroatoms. The first-order valence-corrected chi connectivity index (χ1v) is 65.8. The van der Waals surface area contributed by atoms with E-state index in [1.54, 1.807) is 0 Å². The molecule has 123 heavy (non-hydrogen) atoms. The van der Waals surface area contributed by atoms with E-state index in [-0.39, 0.29) is 0 Å². The SMILES string of the molecule is C[Si]1(CCCc2cccc3ccccc23)O[Si](C)(CCCc2cccc3ccccc23)O[Si](C)(CCCc2cccc3ccccc23)O[Si](C)(CCCc2cccc3ccccc23)O1.C[Si]1(CCCc2cccc3ccccc23)O[Si](C)(CCCc2cccc3ccccc23)O[Si](C)(CCc2ccccc2)O[Si](C)(CCCc2cccc3ccccc23)O1. The molecular formula is C107H124O8Si8. The number of aryl methyl sites for hydroxylation is 8. The van der Waals surface area contributed by atoms with Crippen LogP contribution in [0.1, 0.15) is 89.5 Å². The Morgan fingerprint density at radius 2 is 0.293 bits per heavy atom. The Bertz CT molecular complexity index is 5550. The minimum atomic E-state index is -2.84. The summed E-state index contributed by atoms with van der Waals surface area (Å²) < 4.78 is 61.9. The molecule has 0 spiro atoms. The maximum absolute atomic E-state index is 7.78. The third kappa shape index (κ3) is 22.7. The van der Waals surface area contributed by atoms with Gasteiger partial charge in [-0.1, -0.05) is 328 Å². The van der Waals surface area contributed by atoms with Crippen LogP contribution in [-0.4, -0.2) is 68.5 Å². The van der Waals surface area contributed by atoms with Crippen molar-refractivity contribution in [1.29, 1.82) is 0 Å². The molecular weight excluding hydrogens is 1640 g/mol. The zero-order valence-electron chi connectivity index (χ0n) is 73.7. The summed E-state index contributed by atoms with van der Waals surface area (Å²) in [5.74, 6) is 0. The normalized spacial score (nSPS) is 23.2. The monoisotopic (exact) mass is 1760 g/mol. The van der Waals surface area contributed by atoms with Crippen molar-refractivity contribution in [2.75, 3.05) is 0 Å². The molecule has 0 N–H and O–H groups in total. The highest BCUT2D eigenvalue weighted by atomic mass is 28.5. The highest BCUT2D eigenvalue weighted by Gasteiger charge is 2.58. The minimum Gasteiger partial charge on any atom is -0.416 e. The van der Waals surface area contributed by atoms with Gasteiger partial charge in [-0.05, 0) is 317 Å². The summed E-state index contributed by atoms with van der Waals surface area (Å²) in [7, 11) is -22.6. The second-order valence-corrected chi connectivity index (χ2v) is 65.0. The first-order valence-electron chi connectivity index (χ1n) is 45.6. The van der Waals surface area contributed by atoms with E-state index in [0.717, 1.165) is 145 Å². The molecule has 2 saturated heterocycles. The Kier molecular flexibility index (Phi) is 28.3. The molecule has 632 valence electrons. The Balaban J connectivity index is 0.000000183. The molecule has 17 rings (SSSR count). The first kappa shape index (κ1) is 88.0. The van der Waals surface area contributed by atoms with Crippen molar-refractivity contribution in [3.8, 4) is 0 Å². The predicted octanol–water partition coefficient (Wildman–Crippen LogP) is 29.5. The number of hydrogen-bond donors (Lipinski definition) is 0. The van der Waals surface area contributed by atoms with E-state index in [1.807, 2.05) is 0 Å². The molecule has 8 nitrogen and oxygen atoms in total. The lowest BCUT2D eigenvalue weighted by molar-refractivity contribution is 0.218. The number of benzene rings is 15. The van der Waals surface area contributed by atoms with Crippen molar-refractivity contribution in [1.82, 2.24) is 0 Å². The Labute approximate surface area is 740 Å². The van der Waals surface area contributed by atoms with Crippen molar-refractivity contribution in [2.24, 2.45) is 0 Å². The summed E-state index contributed by atoms with van der Waals surface area (Å²) in [4.78, 5) is 0. The third-order valence-electron chi connectivity index (χ3n) is 25.9. The molecule has 0 bridgehead atoms. The second-order valence-electron chi connectivity index (χ2n) is 36.3. The fourth-order valence-electron chi connectivity index (χ4n) is 20.4. The van der Waals surface area contributed by atoms with Gasteiger partial charge in [0, 0.05) is 0 Å². The van der Waals surface area contributed by atoms with Crippen LogP contribution in [0.4, 0.5) is 0 Å². The predicted molar refractivity (Wildman–Crippen MR) is 536 cm³/mol. The van der Waals surface area contributed by atoms with Crippen LogP contribution >= 0.6 is 0 Å². The summed E-state index contributed by atoms with van der Waals surface area (Å²) in [5, 5.41) is 18.5. The molecule has 2 aliphatic rings. The number of rotatable bonds is 31. The molecule has 15 aromatic carbocycles. The Hall–Kier alpha value is -8.46.